The molecule has 2 rings (SSSR count). The minimum atomic E-state index is -4.31. The normalized spacial score (nSPS) is 21.4. The molecule has 1 nitrogen and oxygen atoms in total. The summed E-state index contributed by atoms with van der Waals surface area (Å²) in [4.78, 5) is 11.4. The molecule has 0 aromatic heterocycles. The first-order valence-corrected chi connectivity index (χ1v) is 5.18. The lowest BCUT2D eigenvalue weighted by Crippen LogP contribution is -2.07. The molecule has 0 unspecified atom stereocenters. The van der Waals surface area contributed by atoms with Gasteiger partial charge in [0, 0.05) is 12.3 Å². The van der Waals surface area contributed by atoms with Gasteiger partial charge in [0.25, 0.3) is 0 Å². The SMILES string of the molecule is O=C1CCC[C@@H]1c1ccc(C(F)(F)F)cc1. The van der Waals surface area contributed by atoms with Gasteiger partial charge in [-0.2, -0.15) is 13.2 Å². The molecular formula is C12H11F3O. The molecule has 1 aliphatic carbocycles. The second-order valence-corrected chi connectivity index (χ2v) is 4.03. The number of hydrogen-bond acceptors (Lipinski definition) is 1. The van der Waals surface area contributed by atoms with E-state index in [1.807, 2.05) is 0 Å². The summed E-state index contributed by atoms with van der Waals surface area (Å²) in [5.74, 6) is -0.0537. The molecule has 0 spiro atoms. The number of hydrogen-bond donors (Lipinski definition) is 0. The lowest BCUT2D eigenvalue weighted by Gasteiger charge is -2.10. The second-order valence-electron chi connectivity index (χ2n) is 4.03. The highest BCUT2D eigenvalue weighted by Gasteiger charge is 2.31. The van der Waals surface area contributed by atoms with Crippen molar-refractivity contribution in [3.05, 3.63) is 35.4 Å². The molecule has 1 aliphatic rings. The molecule has 1 aromatic rings. The van der Waals surface area contributed by atoms with Crippen molar-refractivity contribution in [3.8, 4) is 0 Å². The van der Waals surface area contributed by atoms with Gasteiger partial charge in [0.2, 0.25) is 0 Å². The summed E-state index contributed by atoms with van der Waals surface area (Å²) in [6.45, 7) is 0. The van der Waals surface area contributed by atoms with Crippen LogP contribution < -0.4 is 0 Å². The first-order chi connectivity index (χ1) is 7.48. The number of ketones is 1. The minimum Gasteiger partial charge on any atom is -0.299 e. The Morgan fingerprint density at radius 1 is 1.12 bits per heavy atom. The zero-order valence-electron chi connectivity index (χ0n) is 8.55. The Hall–Kier alpha value is -1.32. The van der Waals surface area contributed by atoms with Gasteiger partial charge in [-0.05, 0) is 30.5 Å². The fraction of sp³-hybridized carbons (Fsp3) is 0.417. The van der Waals surface area contributed by atoms with Gasteiger partial charge < -0.3 is 0 Å². The average molecular weight is 228 g/mol. The van der Waals surface area contributed by atoms with Gasteiger partial charge in [-0.1, -0.05) is 12.1 Å². The molecule has 0 bridgehead atoms. The Balaban J connectivity index is 2.22. The Morgan fingerprint density at radius 2 is 1.75 bits per heavy atom. The van der Waals surface area contributed by atoms with Crippen molar-refractivity contribution in [2.45, 2.75) is 31.4 Å². The third kappa shape index (κ3) is 2.10. The Labute approximate surface area is 91.3 Å². The smallest absolute Gasteiger partial charge is 0.299 e. The van der Waals surface area contributed by atoms with E-state index in [9.17, 15) is 18.0 Å². The van der Waals surface area contributed by atoms with Crippen molar-refractivity contribution in [1.29, 1.82) is 0 Å². The number of Topliss-reactive ketones (excluding diaryl/α,β-unsaturated/α-hetero) is 1. The van der Waals surface area contributed by atoms with E-state index >= 15 is 0 Å². The molecule has 1 atom stereocenters. The average Bonchev–Trinajstić information content (AvgIpc) is 2.63. The van der Waals surface area contributed by atoms with Crippen LogP contribution in [0.1, 0.15) is 36.3 Å². The van der Waals surface area contributed by atoms with E-state index in [1.54, 1.807) is 0 Å². The number of rotatable bonds is 1. The van der Waals surface area contributed by atoms with Crippen LogP contribution >= 0.6 is 0 Å². The highest BCUT2D eigenvalue weighted by atomic mass is 19.4. The quantitative estimate of drug-likeness (QED) is 0.718. The predicted molar refractivity (Wildman–Crippen MR) is 53.0 cm³/mol. The van der Waals surface area contributed by atoms with Gasteiger partial charge in [-0.3, -0.25) is 4.79 Å². The molecule has 4 heteroatoms. The zero-order chi connectivity index (χ0) is 11.8. The molecule has 0 N–H and O–H groups in total. The molecule has 16 heavy (non-hydrogen) atoms. The molecule has 0 heterocycles. The van der Waals surface area contributed by atoms with E-state index in [0.29, 0.717) is 12.0 Å². The van der Waals surface area contributed by atoms with Crippen LogP contribution in [0.2, 0.25) is 0 Å². The molecule has 0 saturated heterocycles. The monoisotopic (exact) mass is 228 g/mol. The van der Waals surface area contributed by atoms with Crippen LogP contribution in [0.15, 0.2) is 24.3 Å². The summed E-state index contributed by atoms with van der Waals surface area (Å²) < 4.78 is 36.9. The first-order valence-electron chi connectivity index (χ1n) is 5.18. The van der Waals surface area contributed by atoms with Gasteiger partial charge in [-0.25, -0.2) is 0 Å². The topological polar surface area (TPSA) is 17.1 Å². The predicted octanol–water partition coefficient (Wildman–Crippen LogP) is 3.54. The van der Waals surface area contributed by atoms with Gasteiger partial charge in [0.15, 0.2) is 0 Å². The van der Waals surface area contributed by atoms with Crippen molar-refractivity contribution in [1.82, 2.24) is 0 Å². The highest BCUT2D eigenvalue weighted by molar-refractivity contribution is 5.87. The van der Waals surface area contributed by atoms with Crippen LogP contribution in [0.3, 0.4) is 0 Å². The molecule has 1 aromatic carbocycles. The number of carbonyl (C=O) groups excluding carboxylic acids is 1. The zero-order valence-corrected chi connectivity index (χ0v) is 8.55. The van der Waals surface area contributed by atoms with Crippen molar-refractivity contribution >= 4 is 5.78 Å². The highest BCUT2D eigenvalue weighted by Crippen LogP contribution is 2.34. The van der Waals surface area contributed by atoms with Crippen LogP contribution in [-0.2, 0) is 11.0 Å². The maximum absolute atomic E-state index is 12.3. The fourth-order valence-corrected chi connectivity index (χ4v) is 2.07. The molecule has 0 aliphatic heterocycles. The number of carbonyl (C=O) groups is 1. The second kappa shape index (κ2) is 3.92. The van der Waals surface area contributed by atoms with Gasteiger partial charge in [-0.15, -0.1) is 0 Å². The largest absolute Gasteiger partial charge is 0.416 e. The van der Waals surface area contributed by atoms with Crippen LogP contribution in [0, 0.1) is 0 Å². The maximum Gasteiger partial charge on any atom is 0.416 e. The summed E-state index contributed by atoms with van der Waals surface area (Å²) in [6, 6.07) is 4.91. The summed E-state index contributed by atoms with van der Waals surface area (Å²) in [7, 11) is 0. The van der Waals surface area contributed by atoms with Crippen molar-refractivity contribution < 1.29 is 18.0 Å². The standard InChI is InChI=1S/C12H11F3O/c13-12(14,15)9-6-4-8(5-7-9)10-2-1-3-11(10)16/h4-7,10H,1-3H2/t10-/m1/s1. The van der Waals surface area contributed by atoms with E-state index < -0.39 is 11.7 Å². The molecule has 1 fully saturated rings. The number of halogens is 3. The third-order valence-electron chi connectivity index (χ3n) is 2.95. The Bertz CT molecular complexity index is 392. The van der Waals surface area contributed by atoms with E-state index in [-0.39, 0.29) is 11.7 Å². The van der Waals surface area contributed by atoms with Crippen molar-refractivity contribution in [2.24, 2.45) is 0 Å². The Kier molecular flexibility index (Phi) is 2.74. The van der Waals surface area contributed by atoms with Gasteiger partial charge >= 0.3 is 6.18 Å². The van der Waals surface area contributed by atoms with Crippen LogP contribution in [0.25, 0.3) is 0 Å². The maximum atomic E-state index is 12.3. The molecule has 86 valence electrons. The van der Waals surface area contributed by atoms with Gasteiger partial charge in [0.1, 0.15) is 5.78 Å². The summed E-state index contributed by atoms with van der Waals surface area (Å²) in [6.07, 6.45) is -2.17. The fourth-order valence-electron chi connectivity index (χ4n) is 2.07. The van der Waals surface area contributed by atoms with E-state index in [4.69, 9.17) is 0 Å². The summed E-state index contributed by atoms with van der Waals surface area (Å²) >= 11 is 0. The van der Waals surface area contributed by atoms with Crippen LogP contribution in [-0.4, -0.2) is 5.78 Å². The Morgan fingerprint density at radius 3 is 2.19 bits per heavy atom. The minimum absolute atomic E-state index is 0.139. The molecular weight excluding hydrogens is 217 g/mol. The first kappa shape index (κ1) is 11.2. The van der Waals surface area contributed by atoms with E-state index in [1.165, 1.54) is 12.1 Å². The van der Waals surface area contributed by atoms with Crippen molar-refractivity contribution in [2.75, 3.05) is 0 Å². The lowest BCUT2D eigenvalue weighted by molar-refractivity contribution is -0.137. The molecule has 0 radical (unpaired) electrons. The number of benzene rings is 1. The van der Waals surface area contributed by atoms with Gasteiger partial charge in [0.05, 0.1) is 5.56 Å². The third-order valence-corrected chi connectivity index (χ3v) is 2.95. The summed E-state index contributed by atoms with van der Waals surface area (Å²) in [5.41, 5.74) is 0.0391. The van der Waals surface area contributed by atoms with E-state index in [2.05, 4.69) is 0 Å². The summed E-state index contributed by atoms with van der Waals surface area (Å²) in [5, 5.41) is 0. The van der Waals surface area contributed by atoms with Crippen molar-refractivity contribution in [3.63, 3.8) is 0 Å². The van der Waals surface area contributed by atoms with Crippen LogP contribution in [0.4, 0.5) is 13.2 Å². The lowest BCUT2D eigenvalue weighted by atomic mass is 9.96. The van der Waals surface area contributed by atoms with E-state index in [0.717, 1.165) is 25.0 Å². The number of alkyl halides is 3. The van der Waals surface area contributed by atoms with Crippen LogP contribution in [0.5, 0.6) is 0 Å². The molecule has 0 amide bonds. The molecule has 1 saturated carbocycles.